The Morgan fingerprint density at radius 3 is 2.59 bits per heavy atom. The van der Waals surface area contributed by atoms with Crippen LogP contribution in [-0.4, -0.2) is 32.6 Å². The fourth-order valence-electron chi connectivity index (χ4n) is 2.74. The third kappa shape index (κ3) is 3.48. The number of hydrogen-bond donors (Lipinski definition) is 1. The van der Waals surface area contributed by atoms with Crippen molar-refractivity contribution in [3.8, 4) is 17.1 Å². The van der Waals surface area contributed by atoms with Gasteiger partial charge in [-0.05, 0) is 35.9 Å². The summed E-state index contributed by atoms with van der Waals surface area (Å²) < 4.78 is 6.93. The van der Waals surface area contributed by atoms with Crippen LogP contribution >= 0.6 is 0 Å². The minimum absolute atomic E-state index is 0.134. The Kier molecular flexibility index (Phi) is 4.49. The molecule has 0 atom stereocenters. The molecule has 7 nitrogen and oxygen atoms in total. The number of amides is 1. The van der Waals surface area contributed by atoms with Gasteiger partial charge in [-0.2, -0.15) is 0 Å². The first-order chi connectivity index (χ1) is 13.2. The number of carbonyl (C=O) groups is 1. The molecule has 7 heteroatoms. The summed E-state index contributed by atoms with van der Waals surface area (Å²) in [5.74, 6) is 1.87. The second kappa shape index (κ2) is 7.25. The first-order valence-corrected chi connectivity index (χ1v) is 8.42. The first-order valence-electron chi connectivity index (χ1n) is 8.42. The van der Waals surface area contributed by atoms with E-state index >= 15 is 0 Å². The van der Waals surface area contributed by atoms with E-state index in [1.807, 2.05) is 48.7 Å². The topological polar surface area (TPSA) is 81.4 Å². The number of nitrogens with zero attached hydrogens (tertiary/aromatic N) is 4. The average molecular weight is 359 g/mol. The van der Waals surface area contributed by atoms with E-state index in [0.717, 1.165) is 16.9 Å². The zero-order chi connectivity index (χ0) is 18.6. The van der Waals surface area contributed by atoms with E-state index in [9.17, 15) is 4.79 Å². The predicted octanol–water partition coefficient (Wildman–Crippen LogP) is 2.73. The lowest BCUT2D eigenvalue weighted by Gasteiger charge is -2.07. The fourth-order valence-corrected chi connectivity index (χ4v) is 2.74. The molecule has 0 radical (unpaired) electrons. The van der Waals surface area contributed by atoms with Gasteiger partial charge in [0.25, 0.3) is 11.7 Å². The molecule has 0 saturated carbocycles. The zero-order valence-electron chi connectivity index (χ0n) is 14.7. The second-order valence-corrected chi connectivity index (χ2v) is 5.92. The molecule has 0 aliphatic rings. The van der Waals surface area contributed by atoms with Gasteiger partial charge < -0.3 is 10.1 Å². The van der Waals surface area contributed by atoms with Crippen LogP contribution in [-0.2, 0) is 6.54 Å². The summed E-state index contributed by atoms with van der Waals surface area (Å²) in [7, 11) is 1.62. The Hall–Kier alpha value is -3.74. The Labute approximate surface area is 155 Å². The van der Waals surface area contributed by atoms with Gasteiger partial charge >= 0.3 is 0 Å². The van der Waals surface area contributed by atoms with Gasteiger partial charge in [0.15, 0.2) is 5.82 Å². The van der Waals surface area contributed by atoms with Crippen LogP contribution < -0.4 is 10.1 Å². The summed E-state index contributed by atoms with van der Waals surface area (Å²) >= 11 is 0. The van der Waals surface area contributed by atoms with Crippen LogP contribution in [0.25, 0.3) is 17.2 Å². The third-order valence-electron chi connectivity index (χ3n) is 4.21. The minimum atomic E-state index is -0.134. The highest BCUT2D eigenvalue weighted by atomic mass is 16.5. The lowest BCUT2D eigenvalue weighted by atomic mass is 10.1. The summed E-state index contributed by atoms with van der Waals surface area (Å²) in [4.78, 5) is 16.5. The van der Waals surface area contributed by atoms with E-state index in [-0.39, 0.29) is 5.91 Å². The van der Waals surface area contributed by atoms with Crippen molar-refractivity contribution >= 4 is 11.7 Å². The number of hydrogen-bond acceptors (Lipinski definition) is 5. The van der Waals surface area contributed by atoms with E-state index in [2.05, 4.69) is 20.5 Å². The molecule has 0 aliphatic heterocycles. The number of ether oxygens (including phenoxy) is 1. The number of aromatic nitrogens is 4. The van der Waals surface area contributed by atoms with Gasteiger partial charge in [-0.3, -0.25) is 9.20 Å². The molecule has 2 aromatic carbocycles. The number of methoxy groups -OCH3 is 1. The van der Waals surface area contributed by atoms with E-state index < -0.39 is 0 Å². The molecule has 0 aliphatic carbocycles. The maximum atomic E-state index is 12.4. The van der Waals surface area contributed by atoms with Gasteiger partial charge in [0, 0.05) is 30.1 Å². The molecule has 4 rings (SSSR count). The molecule has 0 bridgehead atoms. The van der Waals surface area contributed by atoms with Gasteiger partial charge in [0.05, 0.1) is 7.11 Å². The number of nitrogens with one attached hydrogen (secondary N) is 1. The van der Waals surface area contributed by atoms with E-state index in [0.29, 0.717) is 23.7 Å². The smallest absolute Gasteiger partial charge is 0.255 e. The van der Waals surface area contributed by atoms with Crippen molar-refractivity contribution in [2.45, 2.75) is 6.54 Å². The number of rotatable bonds is 5. The Morgan fingerprint density at radius 1 is 1.07 bits per heavy atom. The maximum Gasteiger partial charge on any atom is 0.255 e. The summed E-state index contributed by atoms with van der Waals surface area (Å²) in [5, 5.41) is 11.1. The largest absolute Gasteiger partial charge is 0.497 e. The molecule has 0 spiro atoms. The van der Waals surface area contributed by atoms with E-state index in [4.69, 9.17) is 4.74 Å². The van der Waals surface area contributed by atoms with Gasteiger partial charge in [0.2, 0.25) is 0 Å². The summed E-state index contributed by atoms with van der Waals surface area (Å²) in [6, 6.07) is 16.7. The van der Waals surface area contributed by atoms with Crippen LogP contribution in [0.15, 0.2) is 67.0 Å². The molecular weight excluding hydrogens is 342 g/mol. The molecule has 0 unspecified atom stereocenters. The first kappa shape index (κ1) is 16.7. The SMILES string of the molecule is COc1ccc(CNC(=O)c2ccc(-c3nnc4ncccn34)cc2)cc1. The van der Waals surface area contributed by atoms with Gasteiger partial charge in [0.1, 0.15) is 5.75 Å². The number of fused-ring (bicyclic) bond motifs is 1. The van der Waals surface area contributed by atoms with Crippen LogP contribution in [0, 0.1) is 0 Å². The lowest BCUT2D eigenvalue weighted by Crippen LogP contribution is -2.22. The molecule has 27 heavy (non-hydrogen) atoms. The maximum absolute atomic E-state index is 12.4. The van der Waals surface area contributed by atoms with Crippen LogP contribution in [0.4, 0.5) is 0 Å². The highest BCUT2D eigenvalue weighted by Gasteiger charge is 2.10. The summed E-state index contributed by atoms with van der Waals surface area (Å²) in [6.07, 6.45) is 3.52. The van der Waals surface area contributed by atoms with E-state index in [1.54, 1.807) is 29.8 Å². The molecule has 0 fully saturated rings. The molecule has 4 aromatic rings. The summed E-state index contributed by atoms with van der Waals surface area (Å²) in [5.41, 5.74) is 2.45. The zero-order valence-corrected chi connectivity index (χ0v) is 14.7. The van der Waals surface area contributed by atoms with Crippen molar-refractivity contribution in [1.82, 2.24) is 24.9 Å². The number of carbonyl (C=O) groups excluding carboxylic acids is 1. The van der Waals surface area contributed by atoms with Gasteiger partial charge in [-0.15, -0.1) is 10.2 Å². The Balaban J connectivity index is 1.45. The summed E-state index contributed by atoms with van der Waals surface area (Å²) in [6.45, 7) is 0.449. The highest BCUT2D eigenvalue weighted by molar-refractivity contribution is 5.94. The minimum Gasteiger partial charge on any atom is -0.497 e. The molecule has 1 N–H and O–H groups in total. The molecule has 134 valence electrons. The van der Waals surface area contributed by atoms with Crippen molar-refractivity contribution < 1.29 is 9.53 Å². The van der Waals surface area contributed by atoms with Crippen LogP contribution in [0.2, 0.25) is 0 Å². The van der Waals surface area contributed by atoms with Crippen LogP contribution in [0.3, 0.4) is 0 Å². The second-order valence-electron chi connectivity index (χ2n) is 5.92. The highest BCUT2D eigenvalue weighted by Crippen LogP contribution is 2.18. The molecule has 1 amide bonds. The average Bonchev–Trinajstić information content (AvgIpc) is 3.16. The fraction of sp³-hybridized carbons (Fsp3) is 0.100. The van der Waals surface area contributed by atoms with Crippen molar-refractivity contribution in [3.05, 3.63) is 78.1 Å². The quantitative estimate of drug-likeness (QED) is 0.592. The lowest BCUT2D eigenvalue weighted by molar-refractivity contribution is 0.0951. The van der Waals surface area contributed by atoms with E-state index in [1.165, 1.54) is 0 Å². The van der Waals surface area contributed by atoms with Crippen LogP contribution in [0.5, 0.6) is 5.75 Å². The third-order valence-corrected chi connectivity index (χ3v) is 4.21. The molecule has 2 heterocycles. The molecule has 2 aromatic heterocycles. The van der Waals surface area contributed by atoms with Crippen molar-refractivity contribution in [3.63, 3.8) is 0 Å². The Morgan fingerprint density at radius 2 is 1.85 bits per heavy atom. The number of benzene rings is 2. The van der Waals surface area contributed by atoms with Gasteiger partial charge in [-0.1, -0.05) is 24.3 Å². The van der Waals surface area contributed by atoms with Gasteiger partial charge in [-0.25, -0.2) is 4.98 Å². The normalized spacial score (nSPS) is 10.7. The predicted molar refractivity (Wildman–Crippen MR) is 100 cm³/mol. The monoisotopic (exact) mass is 359 g/mol. The standard InChI is InChI=1S/C20H17N5O2/c1-27-17-9-3-14(4-10-17)13-22-19(26)16-7-5-15(6-8-16)18-23-24-20-21-11-2-12-25(18)20/h2-12H,13H2,1H3,(H,22,26). The van der Waals surface area contributed by atoms with Crippen molar-refractivity contribution in [1.29, 1.82) is 0 Å². The molecule has 0 saturated heterocycles. The van der Waals surface area contributed by atoms with Crippen molar-refractivity contribution in [2.24, 2.45) is 0 Å². The Bertz CT molecular complexity index is 1070. The molecular formula is C20H17N5O2. The van der Waals surface area contributed by atoms with Crippen molar-refractivity contribution in [2.75, 3.05) is 7.11 Å². The van der Waals surface area contributed by atoms with Crippen LogP contribution in [0.1, 0.15) is 15.9 Å².